The number of quaternary nitrogens is 1. The molecule has 1 heterocycles. The van der Waals surface area contributed by atoms with E-state index >= 15 is 0 Å². The molecule has 25 heavy (non-hydrogen) atoms. The van der Waals surface area contributed by atoms with Crippen molar-refractivity contribution in [2.45, 2.75) is 31.7 Å². The van der Waals surface area contributed by atoms with Gasteiger partial charge in [0.2, 0.25) is 0 Å². The normalized spacial score (nSPS) is 25.9. The van der Waals surface area contributed by atoms with E-state index in [9.17, 15) is 0 Å². The summed E-state index contributed by atoms with van der Waals surface area (Å²) in [5, 5.41) is 0. The van der Waals surface area contributed by atoms with Crippen LogP contribution in [0.2, 0.25) is 0 Å². The molecule has 134 valence electrons. The van der Waals surface area contributed by atoms with Crippen LogP contribution in [0, 0.1) is 6.92 Å². The van der Waals surface area contributed by atoms with Crippen LogP contribution in [-0.2, 0) is 6.42 Å². The molecule has 0 bridgehead atoms. The lowest BCUT2D eigenvalue weighted by molar-refractivity contribution is -0.898. The van der Waals surface area contributed by atoms with Crippen LogP contribution >= 0.6 is 0 Å². The number of benzene rings is 2. The summed E-state index contributed by atoms with van der Waals surface area (Å²) in [6.07, 6.45) is 2.30. The average Bonchev–Trinajstić information content (AvgIpc) is 2.91. The highest BCUT2D eigenvalue weighted by atomic mass is 16.5. The Hall–Kier alpha value is -1.84. The fraction of sp³-hybridized carbons (Fsp3) is 0.455. The second-order valence-corrected chi connectivity index (χ2v) is 7.84. The van der Waals surface area contributed by atoms with Gasteiger partial charge in [0.25, 0.3) is 0 Å². The first-order valence-electron chi connectivity index (χ1n) is 9.28. The van der Waals surface area contributed by atoms with Gasteiger partial charge in [0, 0.05) is 6.42 Å². The van der Waals surface area contributed by atoms with Crippen molar-refractivity contribution in [3.63, 3.8) is 0 Å². The van der Waals surface area contributed by atoms with Crippen LogP contribution in [0.5, 0.6) is 5.75 Å². The molecule has 1 aliphatic heterocycles. The molecule has 0 radical (unpaired) electrons. The molecule has 2 unspecified atom stereocenters. The number of nitrogens with two attached hydrogens (primary N) is 1. The third-order valence-electron chi connectivity index (χ3n) is 5.63. The number of likely N-dealkylation sites (tertiary alicyclic amines) is 1. The van der Waals surface area contributed by atoms with Crippen LogP contribution < -0.4 is 10.5 Å². The zero-order chi connectivity index (χ0) is 17.9. The van der Waals surface area contributed by atoms with Crippen molar-refractivity contribution in [2.24, 2.45) is 5.73 Å². The fourth-order valence-corrected chi connectivity index (χ4v) is 4.13. The van der Waals surface area contributed by atoms with E-state index < -0.39 is 0 Å². The third-order valence-corrected chi connectivity index (χ3v) is 5.63. The number of hydrogen-bond donors (Lipinski definition) is 1. The minimum atomic E-state index is 0.258. The van der Waals surface area contributed by atoms with Gasteiger partial charge in [-0.05, 0) is 36.6 Å². The quantitative estimate of drug-likeness (QED) is 0.818. The van der Waals surface area contributed by atoms with E-state index in [1.54, 1.807) is 7.11 Å². The molecule has 2 aromatic rings. The van der Waals surface area contributed by atoms with Gasteiger partial charge < -0.3 is 15.0 Å². The van der Waals surface area contributed by atoms with E-state index in [-0.39, 0.29) is 6.04 Å². The highest BCUT2D eigenvalue weighted by Gasteiger charge is 2.40. The maximum atomic E-state index is 6.51. The SMILES string of the molecule is COc1ccc(CCC[N+]2(C)CC(N)[C@H](c3ccc(C)cc3)C2)cc1. The van der Waals surface area contributed by atoms with E-state index in [4.69, 9.17) is 10.5 Å². The zero-order valence-corrected chi connectivity index (χ0v) is 15.7. The number of likely N-dealkylation sites (N-methyl/N-ethyl adjacent to an activating group) is 1. The Labute approximate surface area is 152 Å². The Kier molecular flexibility index (Phi) is 5.45. The smallest absolute Gasteiger partial charge is 0.118 e. The van der Waals surface area contributed by atoms with Crippen LogP contribution in [0.4, 0.5) is 0 Å². The first kappa shape index (κ1) is 18.0. The summed E-state index contributed by atoms with van der Waals surface area (Å²) in [5.41, 5.74) is 10.6. The Morgan fingerprint density at radius 1 is 1.04 bits per heavy atom. The Balaban J connectivity index is 1.56. The molecule has 0 amide bonds. The monoisotopic (exact) mass is 339 g/mol. The van der Waals surface area contributed by atoms with Crippen molar-refractivity contribution >= 4 is 0 Å². The van der Waals surface area contributed by atoms with E-state index in [0.29, 0.717) is 5.92 Å². The number of ether oxygens (including phenoxy) is 1. The van der Waals surface area contributed by atoms with Crippen molar-refractivity contribution in [1.82, 2.24) is 0 Å². The van der Waals surface area contributed by atoms with E-state index in [0.717, 1.165) is 29.7 Å². The zero-order valence-electron chi connectivity index (χ0n) is 15.7. The molecule has 2 aromatic carbocycles. The fourth-order valence-electron chi connectivity index (χ4n) is 4.13. The predicted molar refractivity (Wildman–Crippen MR) is 104 cm³/mol. The molecule has 1 aliphatic rings. The molecule has 2 N–H and O–H groups in total. The summed E-state index contributed by atoms with van der Waals surface area (Å²) in [5.74, 6) is 1.40. The van der Waals surface area contributed by atoms with Gasteiger partial charge in [-0.15, -0.1) is 0 Å². The standard InChI is InChI=1S/C22H31N2O/c1-17-6-10-19(11-7-17)21-15-24(2,16-22(21)23)14-4-5-18-8-12-20(25-3)13-9-18/h6-13,21-22H,4-5,14-16,23H2,1-3H3/q+1/t21-,22?,24?/m0/s1. The van der Waals surface area contributed by atoms with Crippen LogP contribution in [0.25, 0.3) is 0 Å². The summed E-state index contributed by atoms with van der Waals surface area (Å²) in [6.45, 7) is 5.54. The molecule has 0 spiro atoms. The molecule has 3 rings (SSSR count). The molecular weight excluding hydrogens is 308 g/mol. The second kappa shape index (κ2) is 7.59. The molecule has 3 atom stereocenters. The average molecular weight is 340 g/mol. The first-order chi connectivity index (χ1) is 12.0. The van der Waals surface area contributed by atoms with Crippen molar-refractivity contribution in [2.75, 3.05) is 33.8 Å². The van der Waals surface area contributed by atoms with Crippen molar-refractivity contribution in [3.05, 3.63) is 65.2 Å². The highest BCUT2D eigenvalue weighted by molar-refractivity contribution is 5.27. The van der Waals surface area contributed by atoms with Gasteiger partial charge in [0.15, 0.2) is 0 Å². The number of methoxy groups -OCH3 is 1. The molecule has 1 fully saturated rings. The van der Waals surface area contributed by atoms with Crippen molar-refractivity contribution < 1.29 is 9.22 Å². The van der Waals surface area contributed by atoms with Gasteiger partial charge >= 0.3 is 0 Å². The van der Waals surface area contributed by atoms with E-state index in [1.807, 2.05) is 12.1 Å². The summed E-state index contributed by atoms with van der Waals surface area (Å²) < 4.78 is 6.31. The van der Waals surface area contributed by atoms with E-state index in [2.05, 4.69) is 50.4 Å². The lowest BCUT2D eigenvalue weighted by atomic mass is 9.94. The molecule has 1 saturated heterocycles. The van der Waals surface area contributed by atoms with Crippen LogP contribution in [-0.4, -0.2) is 44.3 Å². The van der Waals surface area contributed by atoms with Gasteiger partial charge in [-0.2, -0.15) is 0 Å². The molecule has 0 aliphatic carbocycles. The molecule has 0 saturated carbocycles. The number of hydrogen-bond acceptors (Lipinski definition) is 2. The lowest BCUT2D eigenvalue weighted by Crippen LogP contribution is -2.44. The lowest BCUT2D eigenvalue weighted by Gasteiger charge is -2.30. The largest absolute Gasteiger partial charge is 0.497 e. The Bertz CT molecular complexity index is 680. The van der Waals surface area contributed by atoms with Gasteiger partial charge in [0.1, 0.15) is 5.75 Å². The minimum absolute atomic E-state index is 0.258. The van der Waals surface area contributed by atoms with Crippen LogP contribution in [0.1, 0.15) is 29.0 Å². The molecular formula is C22H31N2O+. The van der Waals surface area contributed by atoms with Gasteiger partial charge in [0.05, 0.1) is 45.8 Å². The van der Waals surface area contributed by atoms with Crippen molar-refractivity contribution in [3.8, 4) is 5.75 Å². The second-order valence-electron chi connectivity index (χ2n) is 7.84. The maximum absolute atomic E-state index is 6.51. The molecule has 3 heteroatoms. The van der Waals surface area contributed by atoms with Gasteiger partial charge in [-0.1, -0.05) is 42.0 Å². The van der Waals surface area contributed by atoms with Crippen LogP contribution in [0.15, 0.2) is 48.5 Å². The number of rotatable bonds is 6. The van der Waals surface area contributed by atoms with E-state index in [1.165, 1.54) is 29.7 Å². The first-order valence-corrected chi connectivity index (χ1v) is 9.28. The number of aryl methyl sites for hydroxylation is 2. The highest BCUT2D eigenvalue weighted by Crippen LogP contribution is 2.31. The predicted octanol–water partition coefficient (Wildman–Crippen LogP) is 3.51. The Morgan fingerprint density at radius 3 is 2.36 bits per heavy atom. The summed E-state index contributed by atoms with van der Waals surface area (Å²) >= 11 is 0. The molecule has 3 nitrogen and oxygen atoms in total. The minimum Gasteiger partial charge on any atom is -0.497 e. The summed E-state index contributed by atoms with van der Waals surface area (Å²) in [7, 11) is 4.07. The Morgan fingerprint density at radius 2 is 1.72 bits per heavy atom. The molecule has 0 aromatic heterocycles. The topological polar surface area (TPSA) is 35.2 Å². The maximum Gasteiger partial charge on any atom is 0.118 e. The number of nitrogens with zero attached hydrogens (tertiary/aromatic N) is 1. The van der Waals surface area contributed by atoms with Crippen LogP contribution in [0.3, 0.4) is 0 Å². The van der Waals surface area contributed by atoms with Gasteiger partial charge in [-0.3, -0.25) is 0 Å². The summed E-state index contributed by atoms with van der Waals surface area (Å²) in [4.78, 5) is 0. The third kappa shape index (κ3) is 4.42. The van der Waals surface area contributed by atoms with Crippen molar-refractivity contribution in [1.29, 1.82) is 0 Å². The summed E-state index contributed by atoms with van der Waals surface area (Å²) in [6, 6.07) is 17.6. The van der Waals surface area contributed by atoms with Gasteiger partial charge in [-0.25, -0.2) is 0 Å².